The van der Waals surface area contributed by atoms with Gasteiger partial charge in [-0.1, -0.05) is 6.07 Å². The van der Waals surface area contributed by atoms with E-state index < -0.39 is 0 Å². The van der Waals surface area contributed by atoms with Crippen LogP contribution in [0, 0.1) is 0 Å². The normalized spacial score (nSPS) is 16.8. The van der Waals surface area contributed by atoms with Gasteiger partial charge in [0.2, 0.25) is 0 Å². The summed E-state index contributed by atoms with van der Waals surface area (Å²) in [6.45, 7) is 3.23. The van der Waals surface area contributed by atoms with Gasteiger partial charge in [0, 0.05) is 43.3 Å². The van der Waals surface area contributed by atoms with Crippen molar-refractivity contribution in [3.05, 3.63) is 30.5 Å². The highest BCUT2D eigenvalue weighted by Gasteiger charge is 2.21. The Kier molecular flexibility index (Phi) is 3.13. The third kappa shape index (κ3) is 2.42. The highest BCUT2D eigenvalue weighted by atomic mass is 16.6. The summed E-state index contributed by atoms with van der Waals surface area (Å²) in [6.07, 6.45) is 1.58. The largest absolute Gasteiger partial charge is 0.415 e. The van der Waals surface area contributed by atoms with Crippen LogP contribution in [0.5, 0.6) is 5.75 Å². The second-order valence-electron chi connectivity index (χ2n) is 4.85. The fraction of sp³-hybridized carbons (Fsp3) is 0.357. The van der Waals surface area contributed by atoms with Gasteiger partial charge in [0.1, 0.15) is 5.75 Å². The van der Waals surface area contributed by atoms with Crippen molar-refractivity contribution in [3.63, 3.8) is 0 Å². The van der Waals surface area contributed by atoms with E-state index in [1.54, 1.807) is 4.90 Å². The van der Waals surface area contributed by atoms with E-state index in [0.717, 1.165) is 37.1 Å². The smallest absolute Gasteiger partial charge is 0.409 e. The van der Waals surface area contributed by atoms with E-state index in [1.165, 1.54) is 0 Å². The van der Waals surface area contributed by atoms with E-state index in [-0.39, 0.29) is 6.09 Å². The first-order valence-electron chi connectivity index (χ1n) is 6.45. The quantitative estimate of drug-likeness (QED) is 0.851. The Hall–Kier alpha value is -2.01. The maximum Gasteiger partial charge on any atom is 0.415 e. The maximum atomic E-state index is 12.1. The van der Waals surface area contributed by atoms with Crippen molar-refractivity contribution in [2.24, 2.45) is 0 Å². The molecule has 1 N–H and O–H groups in total. The molecule has 0 spiro atoms. The number of H-pyrrole nitrogens is 1. The van der Waals surface area contributed by atoms with Crippen LogP contribution < -0.4 is 4.74 Å². The minimum absolute atomic E-state index is 0.262. The number of aromatic amines is 1. The number of rotatable bonds is 1. The van der Waals surface area contributed by atoms with Crippen LogP contribution in [0.1, 0.15) is 0 Å². The number of carbonyl (C=O) groups is 1. The number of carbonyl (C=O) groups excluding carboxylic acids is 1. The van der Waals surface area contributed by atoms with Gasteiger partial charge in [-0.3, -0.25) is 0 Å². The van der Waals surface area contributed by atoms with Crippen LogP contribution in [-0.4, -0.2) is 54.1 Å². The van der Waals surface area contributed by atoms with Gasteiger partial charge in [0.25, 0.3) is 0 Å². The molecule has 19 heavy (non-hydrogen) atoms. The van der Waals surface area contributed by atoms with E-state index in [4.69, 9.17) is 4.74 Å². The lowest BCUT2D eigenvalue weighted by molar-refractivity contribution is 0.121. The number of hydrogen-bond acceptors (Lipinski definition) is 3. The number of amides is 1. The van der Waals surface area contributed by atoms with Crippen molar-refractivity contribution < 1.29 is 9.53 Å². The highest BCUT2D eigenvalue weighted by Crippen LogP contribution is 2.25. The van der Waals surface area contributed by atoms with Crippen LogP contribution in [0.2, 0.25) is 0 Å². The lowest BCUT2D eigenvalue weighted by Gasteiger charge is -2.31. The van der Waals surface area contributed by atoms with Crippen molar-refractivity contribution >= 4 is 17.0 Å². The Morgan fingerprint density at radius 3 is 2.79 bits per heavy atom. The lowest BCUT2D eigenvalue weighted by atomic mass is 10.2. The number of piperazine rings is 1. The Bertz CT molecular complexity index is 585. The van der Waals surface area contributed by atoms with Gasteiger partial charge >= 0.3 is 6.09 Å². The van der Waals surface area contributed by atoms with Crippen LogP contribution in [0.25, 0.3) is 10.9 Å². The minimum Gasteiger partial charge on any atom is -0.409 e. The Balaban J connectivity index is 1.74. The molecule has 1 aromatic heterocycles. The van der Waals surface area contributed by atoms with Gasteiger partial charge in [-0.15, -0.1) is 0 Å². The molecule has 1 amide bonds. The first kappa shape index (κ1) is 12.0. The van der Waals surface area contributed by atoms with Gasteiger partial charge in [-0.05, 0) is 25.2 Å². The fourth-order valence-electron chi connectivity index (χ4n) is 2.29. The van der Waals surface area contributed by atoms with E-state index in [0.29, 0.717) is 5.75 Å². The standard InChI is InChI=1S/C14H17N3O2/c1-16-7-9-17(10-8-16)14(18)19-13-4-2-3-12-11(13)5-6-15-12/h2-6,15H,7-10H2,1H3. The number of aromatic nitrogens is 1. The Labute approximate surface area is 111 Å². The molecule has 0 radical (unpaired) electrons. The molecular weight excluding hydrogens is 242 g/mol. The molecule has 2 heterocycles. The zero-order chi connectivity index (χ0) is 13.2. The number of benzene rings is 1. The summed E-state index contributed by atoms with van der Waals surface area (Å²) in [5.41, 5.74) is 0.976. The van der Waals surface area contributed by atoms with Crippen molar-refractivity contribution in [2.75, 3.05) is 33.2 Å². The number of ether oxygens (including phenoxy) is 1. The van der Waals surface area contributed by atoms with Gasteiger partial charge in [0.15, 0.2) is 0 Å². The summed E-state index contributed by atoms with van der Waals surface area (Å²) in [7, 11) is 2.06. The first-order valence-corrected chi connectivity index (χ1v) is 6.45. The third-order valence-corrected chi connectivity index (χ3v) is 3.51. The average molecular weight is 259 g/mol. The van der Waals surface area contributed by atoms with E-state index in [1.807, 2.05) is 30.5 Å². The number of nitrogens with zero attached hydrogens (tertiary/aromatic N) is 2. The molecule has 0 aliphatic carbocycles. The summed E-state index contributed by atoms with van der Waals surface area (Å²) >= 11 is 0. The van der Waals surface area contributed by atoms with Gasteiger partial charge < -0.3 is 19.5 Å². The molecule has 1 aliphatic rings. The van der Waals surface area contributed by atoms with E-state index in [9.17, 15) is 4.79 Å². The monoisotopic (exact) mass is 259 g/mol. The van der Waals surface area contributed by atoms with Crippen LogP contribution in [-0.2, 0) is 0 Å². The zero-order valence-corrected chi connectivity index (χ0v) is 10.9. The molecule has 0 bridgehead atoms. The Morgan fingerprint density at radius 2 is 2.00 bits per heavy atom. The van der Waals surface area contributed by atoms with E-state index >= 15 is 0 Å². The fourth-order valence-corrected chi connectivity index (χ4v) is 2.29. The number of fused-ring (bicyclic) bond motifs is 1. The molecule has 0 unspecified atom stereocenters. The molecule has 1 fully saturated rings. The topological polar surface area (TPSA) is 48.6 Å². The second kappa shape index (κ2) is 4.93. The maximum absolute atomic E-state index is 12.1. The number of nitrogens with one attached hydrogen (secondary N) is 1. The van der Waals surface area contributed by atoms with Crippen LogP contribution >= 0.6 is 0 Å². The predicted molar refractivity (Wildman–Crippen MR) is 73.4 cm³/mol. The van der Waals surface area contributed by atoms with Crippen LogP contribution in [0.3, 0.4) is 0 Å². The second-order valence-corrected chi connectivity index (χ2v) is 4.85. The number of hydrogen-bond donors (Lipinski definition) is 1. The summed E-state index contributed by atoms with van der Waals surface area (Å²) in [5, 5.41) is 0.935. The summed E-state index contributed by atoms with van der Waals surface area (Å²) < 4.78 is 5.51. The molecular formula is C14H17N3O2. The molecule has 0 atom stereocenters. The van der Waals surface area contributed by atoms with Crippen LogP contribution in [0.4, 0.5) is 4.79 Å². The first-order chi connectivity index (χ1) is 9.24. The molecule has 100 valence electrons. The predicted octanol–water partition coefficient (Wildman–Crippen LogP) is 1.91. The SMILES string of the molecule is CN1CCN(C(=O)Oc2cccc3[nH]ccc23)CC1. The molecule has 5 nitrogen and oxygen atoms in total. The molecule has 0 saturated carbocycles. The van der Waals surface area contributed by atoms with Crippen molar-refractivity contribution in [1.82, 2.24) is 14.8 Å². The summed E-state index contributed by atoms with van der Waals surface area (Å²) in [6, 6.07) is 7.58. The molecule has 5 heteroatoms. The molecule has 1 saturated heterocycles. The van der Waals surface area contributed by atoms with Crippen molar-refractivity contribution in [2.45, 2.75) is 0 Å². The zero-order valence-electron chi connectivity index (χ0n) is 10.9. The van der Waals surface area contributed by atoms with E-state index in [2.05, 4.69) is 16.9 Å². The molecule has 2 aromatic rings. The molecule has 1 aliphatic heterocycles. The molecule has 3 rings (SSSR count). The lowest BCUT2D eigenvalue weighted by Crippen LogP contribution is -2.48. The van der Waals surface area contributed by atoms with Gasteiger partial charge in [-0.25, -0.2) is 4.79 Å². The molecule has 1 aromatic carbocycles. The Morgan fingerprint density at radius 1 is 1.21 bits per heavy atom. The number of likely N-dealkylation sites (N-methyl/N-ethyl adjacent to an activating group) is 1. The summed E-state index contributed by atoms with van der Waals surface area (Å²) in [5.74, 6) is 0.614. The third-order valence-electron chi connectivity index (χ3n) is 3.51. The average Bonchev–Trinajstić information content (AvgIpc) is 2.89. The van der Waals surface area contributed by atoms with Crippen LogP contribution in [0.15, 0.2) is 30.5 Å². The van der Waals surface area contributed by atoms with Crippen molar-refractivity contribution in [3.8, 4) is 5.75 Å². The minimum atomic E-state index is -0.262. The summed E-state index contributed by atoms with van der Waals surface area (Å²) in [4.78, 5) is 19.2. The highest BCUT2D eigenvalue weighted by molar-refractivity contribution is 5.88. The van der Waals surface area contributed by atoms with Gasteiger partial charge in [0.05, 0.1) is 0 Å². The van der Waals surface area contributed by atoms with Gasteiger partial charge in [-0.2, -0.15) is 0 Å². The van der Waals surface area contributed by atoms with Crippen molar-refractivity contribution in [1.29, 1.82) is 0 Å².